The van der Waals surface area contributed by atoms with Gasteiger partial charge in [0.15, 0.2) is 0 Å². The first-order valence-corrected chi connectivity index (χ1v) is 7.32. The molecule has 2 nitrogen and oxygen atoms in total. The third kappa shape index (κ3) is 3.37. The lowest BCUT2D eigenvalue weighted by Gasteiger charge is -2.53. The predicted molar refractivity (Wildman–Crippen MR) is 82.2 cm³/mol. The van der Waals surface area contributed by atoms with Crippen molar-refractivity contribution < 1.29 is 0 Å². The largest absolute Gasteiger partial charge is 0.310 e. The van der Waals surface area contributed by atoms with Crippen molar-refractivity contribution in [2.45, 2.75) is 64.2 Å². The van der Waals surface area contributed by atoms with Crippen LogP contribution in [0.1, 0.15) is 46.1 Å². The van der Waals surface area contributed by atoms with E-state index < -0.39 is 0 Å². The predicted octanol–water partition coefficient (Wildman–Crippen LogP) is 3.43. The second-order valence-corrected chi connectivity index (χ2v) is 7.16. The molecule has 0 amide bonds. The second kappa shape index (κ2) is 5.26. The summed E-state index contributed by atoms with van der Waals surface area (Å²) in [6, 6.07) is 11.3. The highest BCUT2D eigenvalue weighted by molar-refractivity contribution is 5.14. The topological polar surface area (TPSA) is 15.3 Å². The van der Waals surface area contributed by atoms with Crippen molar-refractivity contribution in [3.05, 3.63) is 35.9 Å². The molecule has 2 rings (SSSR count). The molecule has 1 saturated heterocycles. The molecule has 1 aliphatic rings. The van der Waals surface area contributed by atoms with Gasteiger partial charge in [0.2, 0.25) is 0 Å². The molecule has 1 heterocycles. The molecule has 0 unspecified atom stereocenters. The molecule has 1 N–H and O–H groups in total. The Balaban J connectivity index is 1.98. The van der Waals surface area contributed by atoms with Gasteiger partial charge in [-0.25, -0.2) is 0 Å². The van der Waals surface area contributed by atoms with Gasteiger partial charge in [-0.3, -0.25) is 4.90 Å². The van der Waals surface area contributed by atoms with Crippen LogP contribution in [0.25, 0.3) is 0 Å². The van der Waals surface area contributed by atoms with Crippen molar-refractivity contribution in [1.29, 1.82) is 0 Å². The van der Waals surface area contributed by atoms with Gasteiger partial charge in [-0.1, -0.05) is 30.3 Å². The molecule has 0 aromatic heterocycles. The van der Waals surface area contributed by atoms with Crippen molar-refractivity contribution in [2.75, 3.05) is 7.05 Å². The molecule has 106 valence electrons. The molecule has 0 radical (unpaired) electrons. The average Bonchev–Trinajstić information content (AvgIpc) is 2.34. The molecule has 0 spiro atoms. The normalized spacial score (nSPS) is 23.4. The monoisotopic (exact) mass is 260 g/mol. The van der Waals surface area contributed by atoms with Crippen LogP contribution in [0.5, 0.6) is 0 Å². The number of nitrogens with one attached hydrogen (secondary N) is 1. The highest BCUT2D eigenvalue weighted by Crippen LogP contribution is 2.36. The first-order chi connectivity index (χ1) is 8.81. The van der Waals surface area contributed by atoms with Crippen molar-refractivity contribution in [3.63, 3.8) is 0 Å². The minimum atomic E-state index is 0.260. The smallest absolute Gasteiger partial charge is 0.0208 e. The molecule has 1 fully saturated rings. The van der Waals surface area contributed by atoms with E-state index in [1.807, 2.05) is 0 Å². The minimum Gasteiger partial charge on any atom is -0.310 e. The lowest BCUT2D eigenvalue weighted by Crippen LogP contribution is -2.62. The fourth-order valence-electron chi connectivity index (χ4n) is 3.37. The van der Waals surface area contributed by atoms with Crippen molar-refractivity contribution in [2.24, 2.45) is 0 Å². The molecule has 0 aliphatic carbocycles. The summed E-state index contributed by atoms with van der Waals surface area (Å²) in [7, 11) is 2.26. The van der Waals surface area contributed by atoms with Gasteiger partial charge in [-0.05, 0) is 53.1 Å². The van der Waals surface area contributed by atoms with Crippen LogP contribution >= 0.6 is 0 Å². The zero-order valence-electron chi connectivity index (χ0n) is 13.0. The molecule has 1 aliphatic heterocycles. The number of rotatable bonds is 3. The van der Waals surface area contributed by atoms with E-state index in [4.69, 9.17) is 0 Å². The van der Waals surface area contributed by atoms with E-state index in [9.17, 15) is 0 Å². The summed E-state index contributed by atoms with van der Waals surface area (Å²) in [6.45, 7) is 10.4. The Hall–Kier alpha value is -0.860. The zero-order chi connectivity index (χ0) is 14.1. The summed E-state index contributed by atoms with van der Waals surface area (Å²) in [6.07, 6.45) is 2.42. The Bertz CT molecular complexity index is 391. The van der Waals surface area contributed by atoms with Gasteiger partial charge in [0, 0.05) is 23.7 Å². The summed E-state index contributed by atoms with van der Waals surface area (Å²) in [5.74, 6) is 0. The fraction of sp³-hybridized carbons (Fsp3) is 0.647. The van der Waals surface area contributed by atoms with Crippen molar-refractivity contribution in [1.82, 2.24) is 10.2 Å². The van der Waals surface area contributed by atoms with E-state index in [1.165, 1.54) is 18.4 Å². The summed E-state index contributed by atoms with van der Waals surface area (Å²) in [4.78, 5) is 2.53. The van der Waals surface area contributed by atoms with Gasteiger partial charge < -0.3 is 5.32 Å². The summed E-state index contributed by atoms with van der Waals surface area (Å²) in [5, 5.41) is 3.74. The zero-order valence-corrected chi connectivity index (χ0v) is 13.0. The lowest BCUT2D eigenvalue weighted by molar-refractivity contribution is -0.0183. The molecular weight excluding hydrogens is 232 g/mol. The van der Waals surface area contributed by atoms with E-state index >= 15 is 0 Å². The highest BCUT2D eigenvalue weighted by atomic mass is 15.2. The minimum absolute atomic E-state index is 0.260. The van der Waals surface area contributed by atoms with E-state index in [0.717, 1.165) is 6.54 Å². The summed E-state index contributed by atoms with van der Waals surface area (Å²) >= 11 is 0. The maximum atomic E-state index is 3.74. The van der Waals surface area contributed by atoms with Gasteiger partial charge >= 0.3 is 0 Å². The number of piperidine rings is 1. The SMILES string of the molecule is CN1C(C)(C)CC(NCc2ccccc2)CC1(C)C. The first kappa shape index (κ1) is 14.5. The van der Waals surface area contributed by atoms with E-state index in [-0.39, 0.29) is 11.1 Å². The van der Waals surface area contributed by atoms with E-state index in [1.54, 1.807) is 0 Å². The van der Waals surface area contributed by atoms with Gasteiger partial charge in [-0.15, -0.1) is 0 Å². The number of hydrogen-bond donors (Lipinski definition) is 1. The molecule has 1 aromatic rings. The standard InChI is InChI=1S/C17H28N2/c1-16(2)11-15(12-17(3,4)19(16)5)18-13-14-9-7-6-8-10-14/h6-10,15,18H,11-13H2,1-5H3. The van der Waals surface area contributed by atoms with Gasteiger partial charge in [0.25, 0.3) is 0 Å². The first-order valence-electron chi connectivity index (χ1n) is 7.32. The molecular formula is C17H28N2. The Kier molecular flexibility index (Phi) is 4.03. The summed E-state index contributed by atoms with van der Waals surface area (Å²) in [5.41, 5.74) is 1.89. The molecule has 0 atom stereocenters. The maximum absolute atomic E-state index is 3.74. The number of nitrogens with zero attached hydrogens (tertiary/aromatic N) is 1. The molecule has 2 heteroatoms. The van der Waals surface area contributed by atoms with Crippen LogP contribution in [-0.4, -0.2) is 29.1 Å². The number of likely N-dealkylation sites (tertiary alicyclic amines) is 1. The van der Waals surface area contributed by atoms with Gasteiger partial charge in [0.1, 0.15) is 0 Å². The van der Waals surface area contributed by atoms with Crippen LogP contribution in [-0.2, 0) is 6.54 Å². The third-order valence-corrected chi connectivity index (χ3v) is 4.75. The van der Waals surface area contributed by atoms with Gasteiger partial charge in [-0.2, -0.15) is 0 Å². The molecule has 0 bridgehead atoms. The van der Waals surface area contributed by atoms with E-state index in [2.05, 4.69) is 75.3 Å². The molecule has 1 aromatic carbocycles. The Labute approximate surface area is 118 Å². The molecule has 0 saturated carbocycles. The highest BCUT2D eigenvalue weighted by Gasteiger charge is 2.42. The summed E-state index contributed by atoms with van der Waals surface area (Å²) < 4.78 is 0. The van der Waals surface area contributed by atoms with Crippen LogP contribution in [0, 0.1) is 0 Å². The number of hydrogen-bond acceptors (Lipinski definition) is 2. The Morgan fingerprint density at radius 3 is 2.11 bits per heavy atom. The number of benzene rings is 1. The second-order valence-electron chi connectivity index (χ2n) is 7.16. The van der Waals surface area contributed by atoms with Crippen molar-refractivity contribution >= 4 is 0 Å². The third-order valence-electron chi connectivity index (χ3n) is 4.75. The fourth-order valence-corrected chi connectivity index (χ4v) is 3.37. The lowest BCUT2D eigenvalue weighted by atomic mass is 9.77. The average molecular weight is 260 g/mol. The van der Waals surface area contributed by atoms with Crippen LogP contribution in [0.4, 0.5) is 0 Å². The van der Waals surface area contributed by atoms with E-state index in [0.29, 0.717) is 6.04 Å². The van der Waals surface area contributed by atoms with Crippen LogP contribution < -0.4 is 5.32 Å². The molecule has 19 heavy (non-hydrogen) atoms. The maximum Gasteiger partial charge on any atom is 0.0208 e. The van der Waals surface area contributed by atoms with Crippen LogP contribution in [0.15, 0.2) is 30.3 Å². The Morgan fingerprint density at radius 1 is 1.05 bits per heavy atom. The quantitative estimate of drug-likeness (QED) is 0.896. The Morgan fingerprint density at radius 2 is 1.58 bits per heavy atom. The van der Waals surface area contributed by atoms with Gasteiger partial charge in [0.05, 0.1) is 0 Å². The van der Waals surface area contributed by atoms with Crippen molar-refractivity contribution in [3.8, 4) is 0 Å². The van der Waals surface area contributed by atoms with Crippen LogP contribution in [0.2, 0.25) is 0 Å². The van der Waals surface area contributed by atoms with Crippen LogP contribution in [0.3, 0.4) is 0 Å².